The van der Waals surface area contributed by atoms with E-state index in [1.165, 1.54) is 13.8 Å². The molecule has 1 aliphatic carbocycles. The normalized spacial score (nSPS) is 25.3. The molecule has 17 heavy (non-hydrogen) atoms. The molecule has 2 atom stereocenters. The van der Waals surface area contributed by atoms with Gasteiger partial charge in [0, 0.05) is 12.3 Å². The zero-order valence-corrected chi connectivity index (χ0v) is 11.2. The summed E-state index contributed by atoms with van der Waals surface area (Å²) in [5, 5.41) is 11.6. The fourth-order valence-corrected chi connectivity index (χ4v) is 2.19. The SMILES string of the molecule is CC(C)(C(=O)NC1CCCC1C#N)S(C)(=O)=O. The van der Waals surface area contributed by atoms with E-state index in [2.05, 4.69) is 11.4 Å². The summed E-state index contributed by atoms with van der Waals surface area (Å²) in [5.41, 5.74) is 0. The molecule has 1 N–H and O–H groups in total. The topological polar surface area (TPSA) is 87.0 Å². The number of sulfone groups is 1. The van der Waals surface area contributed by atoms with Gasteiger partial charge in [0.05, 0.1) is 12.0 Å². The summed E-state index contributed by atoms with van der Waals surface area (Å²) >= 11 is 0. The monoisotopic (exact) mass is 258 g/mol. The Bertz CT molecular complexity index is 448. The molecule has 0 spiro atoms. The first kappa shape index (κ1) is 14.0. The Kier molecular flexibility index (Phi) is 3.82. The van der Waals surface area contributed by atoms with Crippen LogP contribution in [0.1, 0.15) is 33.1 Å². The van der Waals surface area contributed by atoms with Crippen LogP contribution >= 0.6 is 0 Å². The average molecular weight is 258 g/mol. The predicted molar refractivity (Wildman–Crippen MR) is 63.8 cm³/mol. The first-order valence-electron chi connectivity index (χ1n) is 5.60. The Balaban J connectivity index is 2.77. The van der Waals surface area contributed by atoms with Crippen molar-refractivity contribution in [2.75, 3.05) is 6.26 Å². The molecule has 0 aromatic rings. The van der Waals surface area contributed by atoms with Gasteiger partial charge in [0.15, 0.2) is 9.84 Å². The summed E-state index contributed by atoms with van der Waals surface area (Å²) in [7, 11) is -3.46. The molecule has 1 fully saturated rings. The predicted octanol–water partition coefficient (Wildman–Crippen LogP) is 0.618. The van der Waals surface area contributed by atoms with Gasteiger partial charge in [-0.05, 0) is 33.1 Å². The Morgan fingerprint density at radius 3 is 2.47 bits per heavy atom. The molecule has 5 nitrogen and oxygen atoms in total. The van der Waals surface area contributed by atoms with Gasteiger partial charge in [0.2, 0.25) is 5.91 Å². The van der Waals surface area contributed by atoms with E-state index in [0.717, 1.165) is 25.5 Å². The molecule has 0 aliphatic heterocycles. The number of hydrogen-bond acceptors (Lipinski definition) is 4. The van der Waals surface area contributed by atoms with Crippen LogP contribution in [0.15, 0.2) is 0 Å². The van der Waals surface area contributed by atoms with Crippen LogP contribution in [0.4, 0.5) is 0 Å². The highest BCUT2D eigenvalue weighted by atomic mass is 32.2. The maximum Gasteiger partial charge on any atom is 0.241 e. The van der Waals surface area contributed by atoms with Crippen molar-refractivity contribution in [1.82, 2.24) is 5.32 Å². The minimum Gasteiger partial charge on any atom is -0.351 e. The number of nitriles is 1. The number of nitrogens with zero attached hydrogens (tertiary/aromatic N) is 1. The van der Waals surface area contributed by atoms with Crippen LogP contribution in [0.3, 0.4) is 0 Å². The molecule has 1 amide bonds. The first-order valence-corrected chi connectivity index (χ1v) is 7.49. The molecule has 6 heteroatoms. The molecular formula is C11H18N2O3S. The lowest BCUT2D eigenvalue weighted by Crippen LogP contribution is -2.51. The highest BCUT2D eigenvalue weighted by Gasteiger charge is 2.40. The van der Waals surface area contributed by atoms with Crippen molar-refractivity contribution >= 4 is 15.7 Å². The average Bonchev–Trinajstić information content (AvgIpc) is 2.63. The molecule has 0 saturated heterocycles. The summed E-state index contributed by atoms with van der Waals surface area (Å²) in [6, 6.07) is 1.93. The van der Waals surface area contributed by atoms with E-state index in [-0.39, 0.29) is 12.0 Å². The van der Waals surface area contributed by atoms with Gasteiger partial charge in [-0.25, -0.2) is 8.42 Å². The Morgan fingerprint density at radius 1 is 1.41 bits per heavy atom. The highest BCUT2D eigenvalue weighted by molar-refractivity contribution is 7.92. The Hall–Kier alpha value is -1.09. The van der Waals surface area contributed by atoms with E-state index in [9.17, 15) is 13.2 Å². The summed E-state index contributed by atoms with van der Waals surface area (Å²) in [6.07, 6.45) is 3.44. The molecule has 0 aromatic heterocycles. The van der Waals surface area contributed by atoms with Crippen molar-refractivity contribution in [2.45, 2.75) is 43.9 Å². The van der Waals surface area contributed by atoms with E-state index < -0.39 is 20.5 Å². The zero-order chi connectivity index (χ0) is 13.3. The number of hydrogen-bond donors (Lipinski definition) is 1. The molecule has 1 rings (SSSR count). The van der Waals surface area contributed by atoms with Crippen molar-refractivity contribution in [3.63, 3.8) is 0 Å². The zero-order valence-electron chi connectivity index (χ0n) is 10.4. The van der Waals surface area contributed by atoms with Gasteiger partial charge in [-0.15, -0.1) is 0 Å². The lowest BCUT2D eigenvalue weighted by atomic mass is 10.0. The fraction of sp³-hybridized carbons (Fsp3) is 0.818. The third-order valence-corrected chi connectivity index (χ3v) is 5.51. The maximum atomic E-state index is 11.9. The highest BCUT2D eigenvalue weighted by Crippen LogP contribution is 2.26. The van der Waals surface area contributed by atoms with Crippen LogP contribution < -0.4 is 5.32 Å². The van der Waals surface area contributed by atoms with Gasteiger partial charge >= 0.3 is 0 Å². The second kappa shape index (κ2) is 4.65. The van der Waals surface area contributed by atoms with E-state index >= 15 is 0 Å². The maximum absolute atomic E-state index is 11.9. The Morgan fingerprint density at radius 2 is 2.00 bits per heavy atom. The standard InChI is InChI=1S/C11H18N2O3S/c1-11(2,17(3,15)16)10(14)13-9-6-4-5-8(9)7-12/h8-9H,4-6H2,1-3H3,(H,13,14). The van der Waals surface area contributed by atoms with Crippen molar-refractivity contribution in [3.8, 4) is 6.07 Å². The van der Waals surface area contributed by atoms with Crippen molar-refractivity contribution in [1.29, 1.82) is 5.26 Å². The summed E-state index contributed by atoms with van der Waals surface area (Å²) in [4.78, 5) is 11.9. The van der Waals surface area contributed by atoms with Gasteiger partial charge < -0.3 is 5.32 Å². The van der Waals surface area contributed by atoms with Gasteiger partial charge in [0.1, 0.15) is 4.75 Å². The van der Waals surface area contributed by atoms with Crippen LogP contribution in [0, 0.1) is 17.2 Å². The molecular weight excluding hydrogens is 240 g/mol. The number of carbonyl (C=O) groups excluding carboxylic acids is 1. The number of carbonyl (C=O) groups is 1. The van der Waals surface area contributed by atoms with Crippen LogP contribution in [0.2, 0.25) is 0 Å². The molecule has 1 saturated carbocycles. The van der Waals surface area contributed by atoms with E-state index in [0.29, 0.717) is 0 Å². The third kappa shape index (κ3) is 2.78. The van der Waals surface area contributed by atoms with Crippen molar-refractivity contribution in [2.24, 2.45) is 5.92 Å². The minimum atomic E-state index is -3.46. The largest absolute Gasteiger partial charge is 0.351 e. The molecule has 2 unspecified atom stereocenters. The van der Waals surface area contributed by atoms with E-state index in [1.807, 2.05) is 0 Å². The quantitative estimate of drug-likeness (QED) is 0.803. The molecule has 0 bridgehead atoms. The molecule has 96 valence electrons. The van der Waals surface area contributed by atoms with Gasteiger partial charge in [0.25, 0.3) is 0 Å². The molecule has 0 radical (unpaired) electrons. The van der Waals surface area contributed by atoms with Crippen LogP contribution in [-0.4, -0.2) is 31.4 Å². The van der Waals surface area contributed by atoms with Crippen LogP contribution in [-0.2, 0) is 14.6 Å². The summed E-state index contributed by atoms with van der Waals surface area (Å²) < 4.78 is 21.5. The third-order valence-electron chi connectivity index (χ3n) is 3.47. The second-order valence-electron chi connectivity index (χ2n) is 5.03. The second-order valence-corrected chi connectivity index (χ2v) is 7.59. The molecule has 0 heterocycles. The Labute approximate surface area is 102 Å². The molecule has 1 aliphatic rings. The van der Waals surface area contributed by atoms with Crippen LogP contribution in [0.5, 0.6) is 0 Å². The van der Waals surface area contributed by atoms with Gasteiger partial charge in [-0.3, -0.25) is 4.79 Å². The smallest absolute Gasteiger partial charge is 0.241 e. The summed E-state index contributed by atoms with van der Waals surface area (Å²) in [5.74, 6) is -0.721. The number of nitrogens with one attached hydrogen (secondary N) is 1. The van der Waals surface area contributed by atoms with Gasteiger partial charge in [-0.1, -0.05) is 0 Å². The fourth-order valence-electron chi connectivity index (χ4n) is 1.80. The summed E-state index contributed by atoms with van der Waals surface area (Å²) in [6.45, 7) is 2.77. The van der Waals surface area contributed by atoms with Crippen molar-refractivity contribution in [3.05, 3.63) is 0 Å². The number of rotatable bonds is 3. The number of amides is 1. The lowest BCUT2D eigenvalue weighted by Gasteiger charge is -2.25. The van der Waals surface area contributed by atoms with E-state index in [4.69, 9.17) is 5.26 Å². The molecule has 0 aromatic carbocycles. The van der Waals surface area contributed by atoms with E-state index in [1.54, 1.807) is 0 Å². The minimum absolute atomic E-state index is 0.200. The van der Waals surface area contributed by atoms with Crippen LogP contribution in [0.25, 0.3) is 0 Å². The van der Waals surface area contributed by atoms with Crippen molar-refractivity contribution < 1.29 is 13.2 Å². The first-order chi connectivity index (χ1) is 7.70. The lowest BCUT2D eigenvalue weighted by molar-refractivity contribution is -0.123. The van der Waals surface area contributed by atoms with Gasteiger partial charge in [-0.2, -0.15) is 5.26 Å².